The fraction of sp³-hybridized carbons (Fsp3) is 0.321. The first kappa shape index (κ1) is 24.0. The van der Waals surface area contributed by atoms with Crippen LogP contribution in [0.1, 0.15) is 16.8 Å². The molecule has 0 unspecified atom stereocenters. The Kier molecular flexibility index (Phi) is 7.25. The van der Waals surface area contributed by atoms with E-state index in [1.807, 2.05) is 53.4 Å². The SMILES string of the molecule is COCCCN1CCN(C(=O)c2cccc(-c3cnc4n[nH]c(-c5ccccc5OC)c4c3)c2)CC1. The number of ether oxygens (including phenoxy) is 2. The molecule has 2 aromatic heterocycles. The molecular formula is C28H31N5O3. The molecule has 186 valence electrons. The topological polar surface area (TPSA) is 83.6 Å². The molecule has 0 saturated carbocycles. The standard InChI is InChI=1S/C28H31N5O3/c1-35-16-6-11-32-12-14-33(15-13-32)28(34)21-8-5-7-20(17-21)22-18-24-26(30-31-27(24)29-19-22)23-9-3-4-10-25(23)36-2/h3-5,7-10,17-19H,6,11-16H2,1-2H3,(H,29,30,31). The van der Waals surface area contributed by atoms with Crippen molar-refractivity contribution in [3.05, 3.63) is 66.4 Å². The second-order valence-electron chi connectivity index (χ2n) is 8.96. The average molecular weight is 486 g/mol. The molecule has 2 aromatic carbocycles. The zero-order valence-electron chi connectivity index (χ0n) is 20.7. The van der Waals surface area contributed by atoms with Gasteiger partial charge in [-0.1, -0.05) is 24.3 Å². The number of para-hydroxylation sites is 1. The van der Waals surface area contributed by atoms with E-state index in [1.165, 1.54) is 0 Å². The number of amides is 1. The van der Waals surface area contributed by atoms with Crippen molar-refractivity contribution in [1.29, 1.82) is 0 Å². The zero-order chi connectivity index (χ0) is 24.9. The van der Waals surface area contributed by atoms with Gasteiger partial charge in [0.15, 0.2) is 5.65 Å². The average Bonchev–Trinajstić information content (AvgIpc) is 3.36. The van der Waals surface area contributed by atoms with Crippen molar-refractivity contribution in [2.45, 2.75) is 6.42 Å². The normalized spacial score (nSPS) is 14.3. The van der Waals surface area contributed by atoms with E-state index in [2.05, 4.69) is 26.1 Å². The molecule has 1 aliphatic heterocycles. The number of H-pyrrole nitrogens is 1. The maximum atomic E-state index is 13.3. The number of carbonyl (C=O) groups excluding carboxylic acids is 1. The smallest absolute Gasteiger partial charge is 0.253 e. The number of nitrogens with one attached hydrogen (secondary N) is 1. The molecule has 0 spiro atoms. The summed E-state index contributed by atoms with van der Waals surface area (Å²) in [7, 11) is 3.39. The highest BCUT2D eigenvalue weighted by molar-refractivity contribution is 5.97. The highest BCUT2D eigenvalue weighted by Crippen LogP contribution is 2.34. The number of aromatic amines is 1. The summed E-state index contributed by atoms with van der Waals surface area (Å²) in [4.78, 5) is 22.2. The van der Waals surface area contributed by atoms with Crippen LogP contribution in [0.2, 0.25) is 0 Å². The van der Waals surface area contributed by atoms with Crippen molar-refractivity contribution in [1.82, 2.24) is 25.0 Å². The first-order valence-corrected chi connectivity index (χ1v) is 12.3. The molecule has 1 amide bonds. The number of hydrogen-bond donors (Lipinski definition) is 1. The lowest BCUT2D eigenvalue weighted by atomic mass is 10.0. The number of benzene rings is 2. The molecule has 0 atom stereocenters. The Morgan fingerprint density at radius 1 is 1.00 bits per heavy atom. The molecule has 5 rings (SSSR count). The van der Waals surface area contributed by atoms with E-state index in [1.54, 1.807) is 20.4 Å². The number of methoxy groups -OCH3 is 2. The lowest BCUT2D eigenvalue weighted by Gasteiger charge is -2.34. The van der Waals surface area contributed by atoms with Gasteiger partial charge in [0.1, 0.15) is 5.75 Å². The minimum absolute atomic E-state index is 0.0699. The van der Waals surface area contributed by atoms with Crippen LogP contribution in [-0.2, 0) is 4.74 Å². The fourth-order valence-corrected chi connectivity index (χ4v) is 4.74. The molecule has 0 radical (unpaired) electrons. The maximum absolute atomic E-state index is 13.3. The Hall–Kier alpha value is -3.75. The summed E-state index contributed by atoms with van der Waals surface area (Å²) in [5.41, 5.74) is 4.98. The van der Waals surface area contributed by atoms with Crippen molar-refractivity contribution >= 4 is 16.9 Å². The first-order chi connectivity index (χ1) is 17.7. The second-order valence-corrected chi connectivity index (χ2v) is 8.96. The summed E-state index contributed by atoms with van der Waals surface area (Å²) in [6.45, 7) is 5.03. The van der Waals surface area contributed by atoms with Crippen LogP contribution in [0.5, 0.6) is 5.75 Å². The van der Waals surface area contributed by atoms with Gasteiger partial charge in [-0.3, -0.25) is 14.8 Å². The Bertz CT molecular complexity index is 1340. The number of hydrogen-bond acceptors (Lipinski definition) is 6. The van der Waals surface area contributed by atoms with Gasteiger partial charge >= 0.3 is 0 Å². The largest absolute Gasteiger partial charge is 0.496 e. The van der Waals surface area contributed by atoms with Crippen molar-refractivity contribution in [2.75, 3.05) is 53.6 Å². The summed E-state index contributed by atoms with van der Waals surface area (Å²) in [5, 5.41) is 8.39. The summed E-state index contributed by atoms with van der Waals surface area (Å²) in [5.74, 6) is 0.834. The summed E-state index contributed by atoms with van der Waals surface area (Å²) < 4.78 is 10.7. The molecule has 1 aliphatic rings. The number of aromatic nitrogens is 3. The van der Waals surface area contributed by atoms with Gasteiger partial charge in [0.05, 0.1) is 12.8 Å². The number of carbonyl (C=O) groups is 1. The number of rotatable bonds is 8. The van der Waals surface area contributed by atoms with Gasteiger partial charge in [-0.15, -0.1) is 0 Å². The molecule has 1 N–H and O–H groups in total. The van der Waals surface area contributed by atoms with E-state index >= 15 is 0 Å². The van der Waals surface area contributed by atoms with Crippen molar-refractivity contribution in [3.63, 3.8) is 0 Å². The van der Waals surface area contributed by atoms with E-state index in [0.29, 0.717) is 11.2 Å². The third-order valence-corrected chi connectivity index (χ3v) is 6.71. The van der Waals surface area contributed by atoms with Crippen LogP contribution in [0, 0.1) is 0 Å². The Labute approximate surface area is 210 Å². The van der Waals surface area contributed by atoms with Gasteiger partial charge in [0, 0.05) is 74.7 Å². The maximum Gasteiger partial charge on any atom is 0.253 e. The predicted octanol–water partition coefficient (Wildman–Crippen LogP) is 4.09. The summed E-state index contributed by atoms with van der Waals surface area (Å²) >= 11 is 0. The Morgan fingerprint density at radius 2 is 1.83 bits per heavy atom. The van der Waals surface area contributed by atoms with Crippen molar-refractivity contribution in [3.8, 4) is 28.1 Å². The van der Waals surface area contributed by atoms with Gasteiger partial charge in [-0.2, -0.15) is 5.10 Å². The molecule has 0 bridgehead atoms. The minimum atomic E-state index is 0.0699. The highest BCUT2D eigenvalue weighted by atomic mass is 16.5. The number of piperazine rings is 1. The van der Waals surface area contributed by atoms with Gasteiger partial charge in [-0.05, 0) is 42.3 Å². The summed E-state index contributed by atoms with van der Waals surface area (Å²) in [6.07, 6.45) is 2.82. The van der Waals surface area contributed by atoms with Gasteiger partial charge in [0.25, 0.3) is 5.91 Å². The van der Waals surface area contributed by atoms with Gasteiger partial charge in [-0.25, -0.2) is 4.98 Å². The van der Waals surface area contributed by atoms with Crippen LogP contribution in [0.3, 0.4) is 0 Å². The second kappa shape index (κ2) is 10.9. The first-order valence-electron chi connectivity index (χ1n) is 12.3. The lowest BCUT2D eigenvalue weighted by Crippen LogP contribution is -2.48. The van der Waals surface area contributed by atoms with Crippen LogP contribution >= 0.6 is 0 Å². The van der Waals surface area contributed by atoms with Crippen LogP contribution in [0.25, 0.3) is 33.4 Å². The molecular weight excluding hydrogens is 454 g/mol. The molecule has 3 heterocycles. The highest BCUT2D eigenvalue weighted by Gasteiger charge is 2.22. The van der Waals surface area contributed by atoms with E-state index in [-0.39, 0.29) is 5.91 Å². The summed E-state index contributed by atoms with van der Waals surface area (Å²) in [6, 6.07) is 17.7. The van der Waals surface area contributed by atoms with E-state index < -0.39 is 0 Å². The lowest BCUT2D eigenvalue weighted by molar-refractivity contribution is 0.0624. The molecule has 1 saturated heterocycles. The molecule has 1 fully saturated rings. The quantitative estimate of drug-likeness (QED) is 0.379. The van der Waals surface area contributed by atoms with Crippen LogP contribution in [-0.4, -0.2) is 84.4 Å². The molecule has 4 aromatic rings. The molecule has 36 heavy (non-hydrogen) atoms. The van der Waals surface area contributed by atoms with Crippen LogP contribution < -0.4 is 4.74 Å². The fourth-order valence-electron chi connectivity index (χ4n) is 4.74. The Morgan fingerprint density at radius 3 is 2.64 bits per heavy atom. The van der Waals surface area contributed by atoms with E-state index in [4.69, 9.17) is 9.47 Å². The number of pyridine rings is 1. The third kappa shape index (κ3) is 4.96. The molecule has 0 aliphatic carbocycles. The van der Waals surface area contributed by atoms with Gasteiger partial charge in [0.2, 0.25) is 0 Å². The van der Waals surface area contributed by atoms with E-state index in [9.17, 15) is 4.79 Å². The zero-order valence-corrected chi connectivity index (χ0v) is 20.7. The number of fused-ring (bicyclic) bond motifs is 1. The van der Waals surface area contributed by atoms with Crippen LogP contribution in [0.15, 0.2) is 60.8 Å². The number of nitrogens with zero attached hydrogens (tertiary/aromatic N) is 4. The van der Waals surface area contributed by atoms with Gasteiger partial charge < -0.3 is 14.4 Å². The van der Waals surface area contributed by atoms with Crippen LogP contribution in [0.4, 0.5) is 0 Å². The third-order valence-electron chi connectivity index (χ3n) is 6.71. The molecule has 8 nitrogen and oxygen atoms in total. The monoisotopic (exact) mass is 485 g/mol. The van der Waals surface area contributed by atoms with Crippen molar-refractivity contribution in [2.24, 2.45) is 0 Å². The van der Waals surface area contributed by atoms with Crippen molar-refractivity contribution < 1.29 is 14.3 Å². The van der Waals surface area contributed by atoms with E-state index in [0.717, 1.165) is 79.3 Å². The minimum Gasteiger partial charge on any atom is -0.496 e. The molecule has 8 heteroatoms. The predicted molar refractivity (Wildman–Crippen MR) is 140 cm³/mol. The Balaban J connectivity index is 1.36.